The number of hydrogen-bond acceptors (Lipinski definition) is 8. The van der Waals surface area contributed by atoms with Crippen LogP contribution >= 0.6 is 43.2 Å². The molecule has 0 amide bonds. The zero-order valence-corrected chi connectivity index (χ0v) is 23.8. The summed E-state index contributed by atoms with van der Waals surface area (Å²) in [5.41, 5.74) is 1.74. The maximum absolute atomic E-state index is 13.8. The minimum atomic E-state index is -0.816. The number of allylic oxidation sites excluding steroid dienone is 1. The summed E-state index contributed by atoms with van der Waals surface area (Å²) in [5, 5.41) is 9.81. The van der Waals surface area contributed by atoms with Crippen LogP contribution in [0.2, 0.25) is 0 Å². The number of carbonyl (C=O) groups is 1. The first-order chi connectivity index (χ1) is 17.2. The highest BCUT2D eigenvalue weighted by molar-refractivity contribution is 9.10. The Morgan fingerprint density at radius 1 is 1.17 bits per heavy atom. The van der Waals surface area contributed by atoms with Gasteiger partial charge in [0.2, 0.25) is 0 Å². The summed E-state index contributed by atoms with van der Waals surface area (Å²) in [6.07, 6.45) is 1.72. The third-order valence-corrected chi connectivity index (χ3v) is 7.89. The van der Waals surface area contributed by atoms with Crippen molar-refractivity contribution in [2.24, 2.45) is 4.99 Å². The lowest BCUT2D eigenvalue weighted by Gasteiger charge is -2.26. The molecule has 2 aromatic carbocycles. The molecule has 8 nitrogen and oxygen atoms in total. The maximum atomic E-state index is 13.8. The van der Waals surface area contributed by atoms with Gasteiger partial charge in [0, 0.05) is 4.47 Å². The molecule has 1 aromatic heterocycles. The smallest absolute Gasteiger partial charge is 0.338 e. The summed E-state index contributed by atoms with van der Waals surface area (Å²) in [5.74, 6) is 0.491. The number of esters is 1. The van der Waals surface area contributed by atoms with Gasteiger partial charge in [-0.25, -0.2) is 9.79 Å². The SMILES string of the molecule is CCOC(=O)C1=C(C)N=c2s/c(=C\c3ccc(O)c(Br)c3)c(=O)n2[C@H]1c1cc(OC)c(OC)cc1Br. The van der Waals surface area contributed by atoms with Crippen LogP contribution in [0.3, 0.4) is 0 Å². The summed E-state index contributed by atoms with van der Waals surface area (Å²) in [4.78, 5) is 31.9. The predicted octanol–water partition coefficient (Wildman–Crippen LogP) is 4.05. The number of nitrogens with zero attached hydrogens (tertiary/aromatic N) is 2. The highest BCUT2D eigenvalue weighted by atomic mass is 79.9. The highest BCUT2D eigenvalue weighted by Gasteiger charge is 2.35. The molecule has 1 N–H and O–H groups in total. The van der Waals surface area contributed by atoms with Gasteiger partial charge < -0.3 is 19.3 Å². The Hall–Kier alpha value is -2.89. The van der Waals surface area contributed by atoms with Gasteiger partial charge in [-0.1, -0.05) is 33.3 Å². The average Bonchev–Trinajstić information content (AvgIpc) is 3.14. The highest BCUT2D eigenvalue weighted by Crippen LogP contribution is 2.40. The fourth-order valence-corrected chi connectivity index (χ4v) is 5.91. The predicted molar refractivity (Wildman–Crippen MR) is 143 cm³/mol. The molecule has 0 spiro atoms. The number of rotatable bonds is 6. The number of phenolic OH excluding ortho intramolecular Hbond substituents is 1. The monoisotopic (exact) mass is 636 g/mol. The minimum absolute atomic E-state index is 0.0987. The Kier molecular flexibility index (Phi) is 7.72. The van der Waals surface area contributed by atoms with Crippen LogP contribution in [-0.2, 0) is 9.53 Å². The number of benzene rings is 2. The van der Waals surface area contributed by atoms with E-state index in [0.717, 1.165) is 5.56 Å². The number of methoxy groups -OCH3 is 2. The van der Waals surface area contributed by atoms with Crippen molar-refractivity contribution in [3.05, 3.63) is 81.4 Å². The second kappa shape index (κ2) is 10.6. The van der Waals surface area contributed by atoms with Gasteiger partial charge >= 0.3 is 5.97 Å². The molecular formula is C25H22Br2N2O6S. The lowest BCUT2D eigenvalue weighted by atomic mass is 9.95. The van der Waals surface area contributed by atoms with Crippen molar-refractivity contribution in [3.8, 4) is 17.2 Å². The second-order valence-corrected chi connectivity index (χ2v) is 10.5. The minimum Gasteiger partial charge on any atom is -0.507 e. The number of ether oxygens (including phenoxy) is 3. The number of carbonyl (C=O) groups excluding carboxylic acids is 1. The molecule has 4 rings (SSSR count). The summed E-state index contributed by atoms with van der Waals surface area (Å²) in [6.45, 7) is 3.62. The largest absolute Gasteiger partial charge is 0.507 e. The molecule has 0 saturated heterocycles. The van der Waals surface area contributed by atoms with Crippen LogP contribution in [0.25, 0.3) is 6.08 Å². The quantitative estimate of drug-likeness (QED) is 0.410. The van der Waals surface area contributed by atoms with Crippen molar-refractivity contribution in [2.75, 3.05) is 20.8 Å². The van der Waals surface area contributed by atoms with E-state index >= 15 is 0 Å². The van der Waals surface area contributed by atoms with Gasteiger partial charge in [-0.2, -0.15) is 0 Å². The lowest BCUT2D eigenvalue weighted by molar-refractivity contribution is -0.139. The number of phenols is 1. The fourth-order valence-electron chi connectivity index (χ4n) is 3.93. The average molecular weight is 638 g/mol. The zero-order chi connectivity index (χ0) is 26.1. The molecule has 0 saturated carbocycles. The van der Waals surface area contributed by atoms with Crippen molar-refractivity contribution >= 4 is 55.2 Å². The molecule has 1 atom stereocenters. The van der Waals surface area contributed by atoms with E-state index in [1.165, 1.54) is 30.1 Å². The summed E-state index contributed by atoms with van der Waals surface area (Å²) < 4.78 is 19.3. The molecule has 3 aromatic rings. The summed E-state index contributed by atoms with van der Waals surface area (Å²) in [7, 11) is 3.05. The van der Waals surface area contributed by atoms with Gasteiger partial charge in [0.25, 0.3) is 5.56 Å². The maximum Gasteiger partial charge on any atom is 0.338 e. The Bertz CT molecular complexity index is 1570. The van der Waals surface area contributed by atoms with Gasteiger partial charge in [0.1, 0.15) is 5.75 Å². The molecule has 0 unspecified atom stereocenters. The van der Waals surface area contributed by atoms with Crippen LogP contribution in [0.4, 0.5) is 0 Å². The Labute approximate surface area is 227 Å². The Balaban J connectivity index is 2.01. The molecule has 11 heteroatoms. The zero-order valence-electron chi connectivity index (χ0n) is 19.8. The third-order valence-electron chi connectivity index (χ3n) is 5.58. The van der Waals surface area contributed by atoms with Crippen molar-refractivity contribution in [1.29, 1.82) is 0 Å². The van der Waals surface area contributed by atoms with Gasteiger partial charge in [0.05, 0.1) is 47.1 Å². The number of hydrogen-bond donors (Lipinski definition) is 1. The molecule has 0 radical (unpaired) electrons. The number of aromatic hydroxyl groups is 1. The van der Waals surface area contributed by atoms with Gasteiger partial charge in [-0.15, -0.1) is 0 Å². The van der Waals surface area contributed by atoms with Crippen LogP contribution in [0.5, 0.6) is 17.2 Å². The summed E-state index contributed by atoms with van der Waals surface area (Å²) >= 11 is 8.10. The van der Waals surface area contributed by atoms with Crippen LogP contribution in [0.15, 0.2) is 60.3 Å². The molecule has 36 heavy (non-hydrogen) atoms. The van der Waals surface area contributed by atoms with Crippen LogP contribution in [0.1, 0.15) is 31.0 Å². The van der Waals surface area contributed by atoms with E-state index in [-0.39, 0.29) is 23.5 Å². The standard InChI is InChI=1S/C25H22Br2N2O6S/c1-5-35-24(32)21-12(2)28-25-29(22(21)14-10-18(33-3)19(34-4)11-15(14)26)23(31)20(36-25)9-13-6-7-17(30)16(27)8-13/h6-11,22,30H,5H2,1-4H3/b20-9-/t22-/m0/s1. The van der Waals surface area contributed by atoms with Gasteiger partial charge in [0.15, 0.2) is 16.3 Å². The van der Waals surface area contributed by atoms with E-state index in [1.54, 1.807) is 50.3 Å². The van der Waals surface area contributed by atoms with Gasteiger partial charge in [-0.05, 0) is 71.2 Å². The summed E-state index contributed by atoms with van der Waals surface area (Å²) in [6, 6.07) is 7.61. The van der Waals surface area contributed by atoms with E-state index in [9.17, 15) is 14.7 Å². The van der Waals surface area contributed by atoms with Crippen molar-refractivity contribution < 1.29 is 24.1 Å². The lowest BCUT2D eigenvalue weighted by Crippen LogP contribution is -2.40. The van der Waals surface area contributed by atoms with Crippen LogP contribution in [0, 0.1) is 0 Å². The Morgan fingerprint density at radius 2 is 1.86 bits per heavy atom. The fraction of sp³-hybridized carbons (Fsp3) is 0.240. The Morgan fingerprint density at radius 3 is 2.50 bits per heavy atom. The van der Waals surface area contributed by atoms with Crippen molar-refractivity contribution in [2.45, 2.75) is 19.9 Å². The molecule has 2 heterocycles. The molecule has 0 aliphatic carbocycles. The molecular weight excluding hydrogens is 616 g/mol. The number of aromatic nitrogens is 1. The third kappa shape index (κ3) is 4.74. The molecule has 1 aliphatic rings. The van der Waals surface area contributed by atoms with E-state index < -0.39 is 12.0 Å². The van der Waals surface area contributed by atoms with Crippen LogP contribution in [-0.4, -0.2) is 36.5 Å². The van der Waals surface area contributed by atoms with Gasteiger partial charge in [-0.3, -0.25) is 9.36 Å². The number of halogens is 2. The van der Waals surface area contributed by atoms with Crippen molar-refractivity contribution in [3.63, 3.8) is 0 Å². The molecule has 0 fully saturated rings. The van der Waals surface area contributed by atoms with E-state index in [4.69, 9.17) is 14.2 Å². The van der Waals surface area contributed by atoms with E-state index in [0.29, 0.717) is 41.0 Å². The number of thiazole rings is 1. The first-order valence-electron chi connectivity index (χ1n) is 10.8. The normalized spacial score (nSPS) is 15.4. The number of fused-ring (bicyclic) bond motifs is 1. The second-order valence-electron chi connectivity index (χ2n) is 7.74. The van der Waals surface area contributed by atoms with Crippen molar-refractivity contribution in [1.82, 2.24) is 4.57 Å². The molecule has 188 valence electrons. The van der Waals surface area contributed by atoms with E-state index in [1.807, 2.05) is 0 Å². The van der Waals surface area contributed by atoms with E-state index in [2.05, 4.69) is 36.9 Å². The van der Waals surface area contributed by atoms with Crippen LogP contribution < -0.4 is 24.4 Å². The molecule has 1 aliphatic heterocycles. The molecule has 0 bridgehead atoms. The topological polar surface area (TPSA) is 99.4 Å². The first kappa shape index (κ1) is 26.2. The first-order valence-corrected chi connectivity index (χ1v) is 13.2.